The monoisotopic (exact) mass is 304 g/mol. The molecule has 0 spiro atoms. The Kier molecular flexibility index (Phi) is 4.15. The molecule has 0 N–H and O–H groups in total. The molecule has 1 aromatic carbocycles. The van der Waals surface area contributed by atoms with Crippen LogP contribution in [0.2, 0.25) is 0 Å². The van der Waals surface area contributed by atoms with Crippen molar-refractivity contribution in [3.8, 4) is 0 Å². The normalized spacial score (nSPS) is 11.8. The zero-order valence-electron chi connectivity index (χ0n) is 9.98. The number of aryl methyl sites for hydroxylation is 1. The van der Waals surface area contributed by atoms with E-state index in [1.165, 1.54) is 23.5 Å². The van der Waals surface area contributed by atoms with E-state index in [2.05, 4.69) is 17.7 Å². The van der Waals surface area contributed by atoms with Crippen LogP contribution in [0, 0.1) is 0 Å². The van der Waals surface area contributed by atoms with Crippen molar-refractivity contribution in [2.24, 2.45) is 7.05 Å². The van der Waals surface area contributed by atoms with Crippen LogP contribution in [0.15, 0.2) is 40.3 Å². The average molecular weight is 304 g/mol. The molecular formula is C12H11F3N2S2. The van der Waals surface area contributed by atoms with Gasteiger partial charge in [0.05, 0.1) is 0 Å². The predicted octanol–water partition coefficient (Wildman–Crippen LogP) is 4.02. The first-order valence-corrected chi connectivity index (χ1v) is 6.85. The van der Waals surface area contributed by atoms with Gasteiger partial charge in [0.2, 0.25) is 0 Å². The third kappa shape index (κ3) is 3.09. The van der Waals surface area contributed by atoms with E-state index >= 15 is 0 Å². The first-order chi connectivity index (χ1) is 8.93. The van der Waals surface area contributed by atoms with Gasteiger partial charge in [-0.2, -0.15) is 30.9 Å². The van der Waals surface area contributed by atoms with Gasteiger partial charge in [0.15, 0.2) is 5.69 Å². The van der Waals surface area contributed by atoms with Crippen LogP contribution in [-0.4, -0.2) is 9.78 Å². The largest absolute Gasteiger partial charge is 0.435 e. The van der Waals surface area contributed by atoms with Crippen molar-refractivity contribution in [3.63, 3.8) is 0 Å². The fraction of sp³-hybridized carbons (Fsp3) is 0.250. The maximum absolute atomic E-state index is 12.8. The molecule has 0 radical (unpaired) electrons. The van der Waals surface area contributed by atoms with E-state index in [0.717, 1.165) is 4.90 Å². The highest BCUT2D eigenvalue weighted by Gasteiger charge is 2.38. The molecule has 0 aliphatic heterocycles. The number of alkyl halides is 3. The second kappa shape index (κ2) is 5.50. The molecule has 0 unspecified atom stereocenters. The number of halogens is 3. The van der Waals surface area contributed by atoms with Gasteiger partial charge in [0, 0.05) is 23.3 Å². The lowest BCUT2D eigenvalue weighted by molar-refractivity contribution is -0.141. The molecule has 7 heteroatoms. The van der Waals surface area contributed by atoms with E-state index in [-0.39, 0.29) is 11.3 Å². The summed E-state index contributed by atoms with van der Waals surface area (Å²) >= 11 is 5.25. The molecule has 0 saturated carbocycles. The summed E-state index contributed by atoms with van der Waals surface area (Å²) in [6, 6.07) is 9.21. The van der Waals surface area contributed by atoms with Crippen molar-refractivity contribution in [2.45, 2.75) is 21.9 Å². The fourth-order valence-corrected chi connectivity index (χ4v) is 3.04. The van der Waals surface area contributed by atoms with Gasteiger partial charge >= 0.3 is 6.18 Å². The zero-order valence-corrected chi connectivity index (χ0v) is 11.7. The van der Waals surface area contributed by atoms with Crippen LogP contribution in [-0.2, 0) is 19.0 Å². The van der Waals surface area contributed by atoms with E-state index in [4.69, 9.17) is 0 Å². The summed E-state index contributed by atoms with van der Waals surface area (Å²) in [5, 5.41) is 4.04. The van der Waals surface area contributed by atoms with Crippen LogP contribution >= 0.6 is 24.4 Å². The number of hydrogen-bond acceptors (Lipinski definition) is 3. The molecule has 0 atom stereocenters. The number of aromatic nitrogens is 2. The van der Waals surface area contributed by atoms with Crippen molar-refractivity contribution in [1.29, 1.82) is 0 Å². The Balaban J connectivity index is 2.43. The zero-order chi connectivity index (χ0) is 14.0. The minimum atomic E-state index is -4.45. The summed E-state index contributed by atoms with van der Waals surface area (Å²) < 4.78 is 39.8. The molecule has 2 aromatic rings. The quantitative estimate of drug-likeness (QED) is 0.863. The van der Waals surface area contributed by atoms with Gasteiger partial charge in [-0.1, -0.05) is 30.0 Å². The SMILES string of the molecule is Cn1nc(C(F)(F)F)c(CS)c1Sc1ccccc1. The van der Waals surface area contributed by atoms with Crippen molar-refractivity contribution in [3.05, 3.63) is 41.6 Å². The molecule has 0 aliphatic carbocycles. The van der Waals surface area contributed by atoms with Crippen LogP contribution in [0.1, 0.15) is 11.3 Å². The van der Waals surface area contributed by atoms with Gasteiger partial charge in [0.25, 0.3) is 0 Å². The Labute approximate surface area is 118 Å². The third-order valence-corrected chi connectivity index (χ3v) is 4.00. The lowest BCUT2D eigenvalue weighted by Crippen LogP contribution is -2.08. The van der Waals surface area contributed by atoms with Gasteiger partial charge in [0.1, 0.15) is 5.03 Å². The van der Waals surface area contributed by atoms with Crippen molar-refractivity contribution < 1.29 is 13.2 Å². The molecular weight excluding hydrogens is 293 g/mol. The highest BCUT2D eigenvalue weighted by Crippen LogP contribution is 2.38. The third-order valence-electron chi connectivity index (χ3n) is 2.47. The Morgan fingerprint density at radius 3 is 2.42 bits per heavy atom. The molecule has 0 fully saturated rings. The van der Waals surface area contributed by atoms with Crippen LogP contribution < -0.4 is 0 Å². The highest BCUT2D eigenvalue weighted by atomic mass is 32.2. The molecule has 0 aliphatic rings. The van der Waals surface area contributed by atoms with Gasteiger partial charge < -0.3 is 0 Å². The minimum Gasteiger partial charge on any atom is -0.261 e. The van der Waals surface area contributed by atoms with Crippen molar-refractivity contribution in [2.75, 3.05) is 0 Å². The molecule has 19 heavy (non-hydrogen) atoms. The maximum atomic E-state index is 12.8. The van der Waals surface area contributed by atoms with Gasteiger partial charge in [-0.25, -0.2) is 0 Å². The van der Waals surface area contributed by atoms with E-state index < -0.39 is 11.9 Å². The Hall–Kier alpha value is -1.08. The summed E-state index contributed by atoms with van der Waals surface area (Å²) in [6.07, 6.45) is -4.45. The van der Waals surface area contributed by atoms with Crippen LogP contribution in [0.5, 0.6) is 0 Å². The standard InChI is InChI=1S/C12H11F3N2S2/c1-17-11(19-8-5-3-2-4-6-8)9(7-18)10(16-17)12(13,14)15/h2-6,18H,7H2,1H3. The molecule has 0 bridgehead atoms. The molecule has 0 saturated heterocycles. The summed E-state index contributed by atoms with van der Waals surface area (Å²) in [6.45, 7) is 0. The van der Waals surface area contributed by atoms with Crippen LogP contribution in [0.4, 0.5) is 13.2 Å². The first-order valence-electron chi connectivity index (χ1n) is 5.40. The lowest BCUT2D eigenvalue weighted by atomic mass is 10.3. The Morgan fingerprint density at radius 1 is 1.26 bits per heavy atom. The van der Waals surface area contributed by atoms with E-state index in [1.807, 2.05) is 30.3 Å². The Bertz CT molecular complexity index is 564. The smallest absolute Gasteiger partial charge is 0.261 e. The molecule has 2 rings (SSSR count). The maximum Gasteiger partial charge on any atom is 0.435 e. The second-order valence-corrected chi connectivity index (χ2v) is 5.21. The van der Waals surface area contributed by atoms with E-state index in [0.29, 0.717) is 5.03 Å². The lowest BCUT2D eigenvalue weighted by Gasteiger charge is -2.06. The molecule has 1 heterocycles. The fourth-order valence-electron chi connectivity index (χ4n) is 1.65. The molecule has 1 aromatic heterocycles. The van der Waals surface area contributed by atoms with Gasteiger partial charge in [-0.3, -0.25) is 4.68 Å². The van der Waals surface area contributed by atoms with Crippen molar-refractivity contribution in [1.82, 2.24) is 9.78 Å². The number of benzene rings is 1. The number of thiol groups is 1. The summed E-state index contributed by atoms with van der Waals surface area (Å²) in [5.41, 5.74) is -0.740. The summed E-state index contributed by atoms with van der Waals surface area (Å²) in [5.74, 6) is -0.00213. The average Bonchev–Trinajstić information content (AvgIpc) is 2.68. The van der Waals surface area contributed by atoms with Gasteiger partial charge in [-0.15, -0.1) is 0 Å². The summed E-state index contributed by atoms with van der Waals surface area (Å²) in [7, 11) is 1.51. The van der Waals surface area contributed by atoms with Crippen molar-refractivity contribution >= 4 is 24.4 Å². The van der Waals surface area contributed by atoms with Gasteiger partial charge in [-0.05, 0) is 12.1 Å². The topological polar surface area (TPSA) is 17.8 Å². The summed E-state index contributed by atoms with van der Waals surface area (Å²) in [4.78, 5) is 0.863. The molecule has 102 valence electrons. The number of hydrogen-bond donors (Lipinski definition) is 1. The first kappa shape index (κ1) is 14.3. The predicted molar refractivity (Wildman–Crippen MR) is 71.5 cm³/mol. The highest BCUT2D eigenvalue weighted by molar-refractivity contribution is 7.99. The molecule has 0 amide bonds. The Morgan fingerprint density at radius 2 is 1.89 bits per heavy atom. The van der Waals surface area contributed by atoms with E-state index in [1.54, 1.807) is 0 Å². The van der Waals surface area contributed by atoms with Crippen LogP contribution in [0.3, 0.4) is 0 Å². The van der Waals surface area contributed by atoms with E-state index in [9.17, 15) is 13.2 Å². The number of rotatable bonds is 3. The van der Waals surface area contributed by atoms with Crippen LogP contribution in [0.25, 0.3) is 0 Å². The minimum absolute atomic E-state index is 0.00213. The second-order valence-electron chi connectivity index (χ2n) is 3.83. The molecule has 2 nitrogen and oxygen atoms in total. The number of nitrogens with zero attached hydrogens (tertiary/aromatic N) is 2.